The number of ether oxygens (including phenoxy) is 1. The first-order chi connectivity index (χ1) is 12.3. The number of esters is 1. The first-order valence-corrected chi connectivity index (χ1v) is 8.78. The molecule has 4 nitrogen and oxygen atoms in total. The van der Waals surface area contributed by atoms with Crippen molar-refractivity contribution in [2.24, 2.45) is 0 Å². The summed E-state index contributed by atoms with van der Waals surface area (Å²) < 4.78 is 29.5. The molecule has 2 aromatic rings. The quantitative estimate of drug-likeness (QED) is 0.574. The molecule has 0 heterocycles. The zero-order valence-corrected chi connectivity index (χ0v) is 15.2. The van der Waals surface area contributed by atoms with Gasteiger partial charge in [0.2, 0.25) is 0 Å². The van der Waals surface area contributed by atoms with Crippen LogP contribution in [0.15, 0.2) is 47.4 Å². The summed E-state index contributed by atoms with van der Waals surface area (Å²) in [6, 6.07) is 11.7. The van der Waals surface area contributed by atoms with Gasteiger partial charge in [0.15, 0.2) is 6.61 Å². The minimum atomic E-state index is -2.49. The van der Waals surface area contributed by atoms with E-state index in [0.29, 0.717) is 22.3 Å². The van der Waals surface area contributed by atoms with Crippen molar-refractivity contribution in [1.82, 2.24) is 0 Å². The number of thioether (sulfide) groups is 1. The molecule has 0 fully saturated rings. The molecule has 26 heavy (non-hydrogen) atoms. The van der Waals surface area contributed by atoms with E-state index in [0.717, 1.165) is 16.7 Å². The highest BCUT2D eigenvalue weighted by molar-refractivity contribution is 7.99. The van der Waals surface area contributed by atoms with E-state index in [1.807, 2.05) is 32.0 Å². The smallest absolute Gasteiger partial charge is 0.310 e. The van der Waals surface area contributed by atoms with Gasteiger partial charge in [-0.25, -0.2) is 0 Å². The van der Waals surface area contributed by atoms with Crippen LogP contribution in [-0.2, 0) is 20.7 Å². The van der Waals surface area contributed by atoms with Gasteiger partial charge < -0.3 is 10.1 Å². The van der Waals surface area contributed by atoms with Crippen LogP contribution in [0, 0.1) is 13.8 Å². The normalized spacial score (nSPS) is 10.7. The summed E-state index contributed by atoms with van der Waals surface area (Å²) in [6.45, 7) is 3.54. The zero-order valence-electron chi connectivity index (χ0n) is 14.4. The lowest BCUT2D eigenvalue weighted by Crippen LogP contribution is -2.21. The predicted molar refractivity (Wildman–Crippen MR) is 97.5 cm³/mol. The number of halogens is 2. The van der Waals surface area contributed by atoms with Gasteiger partial charge in [-0.15, -0.1) is 0 Å². The third-order valence-corrected chi connectivity index (χ3v) is 4.37. The molecule has 0 atom stereocenters. The number of aryl methyl sites for hydroxylation is 2. The van der Waals surface area contributed by atoms with Crippen LogP contribution >= 0.6 is 11.8 Å². The van der Waals surface area contributed by atoms with Crippen molar-refractivity contribution in [3.63, 3.8) is 0 Å². The maximum Gasteiger partial charge on any atom is 0.310 e. The molecule has 0 aromatic heterocycles. The third-order valence-electron chi connectivity index (χ3n) is 3.65. The van der Waals surface area contributed by atoms with Crippen molar-refractivity contribution < 1.29 is 23.1 Å². The topological polar surface area (TPSA) is 55.4 Å². The summed E-state index contributed by atoms with van der Waals surface area (Å²) in [5.41, 5.74) is 3.49. The Bertz CT molecular complexity index is 779. The van der Waals surface area contributed by atoms with Gasteiger partial charge in [-0.2, -0.15) is 8.78 Å². The fourth-order valence-electron chi connectivity index (χ4n) is 2.19. The fourth-order valence-corrected chi connectivity index (χ4v) is 2.69. The second-order valence-corrected chi connectivity index (χ2v) is 6.77. The standard InChI is InChI=1S/C19H19F2NO3S/c1-12-3-4-14(9-13(12)2)10-18(24)25-11-17(23)22-15-5-7-16(8-6-15)26-19(20)21/h3-9,19H,10-11H2,1-2H3,(H,22,23). The first kappa shape index (κ1) is 19.9. The number of carbonyl (C=O) groups excluding carboxylic acids is 2. The molecule has 138 valence electrons. The van der Waals surface area contributed by atoms with Gasteiger partial charge in [0.05, 0.1) is 6.42 Å². The number of benzene rings is 2. The van der Waals surface area contributed by atoms with Gasteiger partial charge in [-0.3, -0.25) is 9.59 Å². The summed E-state index contributed by atoms with van der Waals surface area (Å²) in [7, 11) is 0. The summed E-state index contributed by atoms with van der Waals surface area (Å²) >= 11 is 0.427. The molecule has 0 aliphatic heterocycles. The van der Waals surface area contributed by atoms with Gasteiger partial charge >= 0.3 is 5.97 Å². The van der Waals surface area contributed by atoms with E-state index in [1.54, 1.807) is 0 Å². The monoisotopic (exact) mass is 379 g/mol. The lowest BCUT2D eigenvalue weighted by molar-refractivity contribution is -0.146. The molecule has 0 aliphatic rings. The Morgan fingerprint density at radius 1 is 1.08 bits per heavy atom. The predicted octanol–water partition coefficient (Wildman–Crippen LogP) is 4.34. The average Bonchev–Trinajstić information content (AvgIpc) is 2.58. The molecule has 0 aliphatic carbocycles. The van der Waals surface area contributed by atoms with Crippen molar-refractivity contribution in [2.75, 3.05) is 11.9 Å². The van der Waals surface area contributed by atoms with Crippen LogP contribution in [0.3, 0.4) is 0 Å². The van der Waals surface area contributed by atoms with Crippen LogP contribution < -0.4 is 5.32 Å². The summed E-state index contributed by atoms with van der Waals surface area (Å²) in [5, 5.41) is 2.55. The molecule has 0 unspecified atom stereocenters. The molecular weight excluding hydrogens is 360 g/mol. The lowest BCUT2D eigenvalue weighted by atomic mass is 10.0. The van der Waals surface area contributed by atoms with Crippen LogP contribution in [0.1, 0.15) is 16.7 Å². The van der Waals surface area contributed by atoms with E-state index in [1.165, 1.54) is 24.3 Å². The Morgan fingerprint density at radius 2 is 1.77 bits per heavy atom. The number of carbonyl (C=O) groups is 2. The Kier molecular flexibility index (Phi) is 7.15. The lowest BCUT2D eigenvalue weighted by Gasteiger charge is -2.08. The molecule has 2 aromatic carbocycles. The molecule has 0 bridgehead atoms. The van der Waals surface area contributed by atoms with Gasteiger partial charge in [0, 0.05) is 10.6 Å². The highest BCUT2D eigenvalue weighted by Gasteiger charge is 2.10. The molecule has 1 N–H and O–H groups in total. The van der Waals surface area contributed by atoms with E-state index in [2.05, 4.69) is 5.32 Å². The zero-order chi connectivity index (χ0) is 19.1. The van der Waals surface area contributed by atoms with Crippen molar-refractivity contribution in [2.45, 2.75) is 30.9 Å². The van der Waals surface area contributed by atoms with E-state index < -0.39 is 24.2 Å². The van der Waals surface area contributed by atoms with Crippen molar-refractivity contribution >= 4 is 29.3 Å². The highest BCUT2D eigenvalue weighted by atomic mass is 32.2. The van der Waals surface area contributed by atoms with Crippen molar-refractivity contribution in [3.05, 3.63) is 59.2 Å². The number of alkyl halides is 2. The molecule has 1 amide bonds. The Morgan fingerprint density at radius 3 is 2.38 bits per heavy atom. The minimum Gasteiger partial charge on any atom is -0.455 e. The van der Waals surface area contributed by atoms with E-state index in [-0.39, 0.29) is 6.42 Å². The van der Waals surface area contributed by atoms with Crippen LogP contribution in [0.4, 0.5) is 14.5 Å². The first-order valence-electron chi connectivity index (χ1n) is 7.90. The number of amides is 1. The summed E-state index contributed by atoms with van der Waals surface area (Å²) in [4.78, 5) is 24.1. The largest absolute Gasteiger partial charge is 0.455 e. The minimum absolute atomic E-state index is 0.0912. The molecular formula is C19H19F2NO3S. The van der Waals surface area contributed by atoms with Gasteiger partial charge in [-0.1, -0.05) is 30.0 Å². The van der Waals surface area contributed by atoms with E-state index >= 15 is 0 Å². The Hall–Kier alpha value is -2.41. The van der Waals surface area contributed by atoms with Gasteiger partial charge in [0.25, 0.3) is 11.7 Å². The number of hydrogen-bond acceptors (Lipinski definition) is 4. The molecule has 0 saturated carbocycles. The molecule has 0 saturated heterocycles. The van der Waals surface area contributed by atoms with Gasteiger partial charge in [0.1, 0.15) is 0 Å². The second kappa shape index (κ2) is 9.33. The molecule has 7 heteroatoms. The number of rotatable bonds is 7. The molecule has 0 radical (unpaired) electrons. The van der Waals surface area contributed by atoms with Crippen LogP contribution in [0.2, 0.25) is 0 Å². The SMILES string of the molecule is Cc1ccc(CC(=O)OCC(=O)Nc2ccc(SC(F)F)cc2)cc1C. The summed E-state index contributed by atoms with van der Waals surface area (Å²) in [6.07, 6.45) is 0.0912. The second-order valence-electron chi connectivity index (χ2n) is 5.71. The maximum absolute atomic E-state index is 12.2. The molecule has 2 rings (SSSR count). The average molecular weight is 379 g/mol. The van der Waals surface area contributed by atoms with Crippen LogP contribution in [0.25, 0.3) is 0 Å². The van der Waals surface area contributed by atoms with E-state index in [9.17, 15) is 18.4 Å². The third kappa shape index (κ3) is 6.48. The Balaban J connectivity index is 1.78. The number of nitrogens with one attached hydrogen (secondary N) is 1. The Labute approximate surface area is 154 Å². The molecule has 0 spiro atoms. The van der Waals surface area contributed by atoms with Crippen LogP contribution in [-0.4, -0.2) is 24.2 Å². The number of anilines is 1. The van der Waals surface area contributed by atoms with E-state index in [4.69, 9.17) is 4.74 Å². The summed E-state index contributed by atoms with van der Waals surface area (Å²) in [5.74, 6) is -3.48. The number of hydrogen-bond donors (Lipinski definition) is 1. The van der Waals surface area contributed by atoms with Gasteiger partial charge in [-0.05, 0) is 54.8 Å². The fraction of sp³-hybridized carbons (Fsp3) is 0.263. The maximum atomic E-state index is 12.2. The van der Waals surface area contributed by atoms with Crippen molar-refractivity contribution in [3.8, 4) is 0 Å². The van der Waals surface area contributed by atoms with Crippen molar-refractivity contribution in [1.29, 1.82) is 0 Å². The highest BCUT2D eigenvalue weighted by Crippen LogP contribution is 2.26. The van der Waals surface area contributed by atoms with Crippen LogP contribution in [0.5, 0.6) is 0 Å².